The molecule has 0 aromatic carbocycles. The van der Waals surface area contributed by atoms with Crippen LogP contribution in [0, 0.1) is 6.92 Å². The van der Waals surface area contributed by atoms with Gasteiger partial charge in [0, 0.05) is 19.3 Å². The van der Waals surface area contributed by atoms with E-state index in [9.17, 15) is 0 Å². The number of nitrogens with zero attached hydrogens (tertiary/aromatic N) is 5. The zero-order chi connectivity index (χ0) is 13.9. The second-order valence-electron chi connectivity index (χ2n) is 4.74. The Morgan fingerprint density at radius 2 is 2.30 bits per heavy atom. The van der Waals surface area contributed by atoms with E-state index in [0.29, 0.717) is 11.8 Å². The van der Waals surface area contributed by atoms with Crippen LogP contribution in [0.4, 0.5) is 0 Å². The third-order valence-corrected chi connectivity index (χ3v) is 4.04. The summed E-state index contributed by atoms with van der Waals surface area (Å²) >= 11 is 1.52. The average Bonchev–Trinajstić information content (AvgIpc) is 2.86. The van der Waals surface area contributed by atoms with Crippen LogP contribution in [0.5, 0.6) is 5.19 Å². The number of aryl methyl sites for hydroxylation is 1. The van der Waals surface area contributed by atoms with E-state index >= 15 is 0 Å². The molecule has 2 aromatic rings. The largest absolute Gasteiger partial charge is 0.469 e. The maximum atomic E-state index is 5.35. The Labute approximate surface area is 121 Å². The Balaban J connectivity index is 1.67. The van der Waals surface area contributed by atoms with Crippen LogP contribution in [-0.4, -0.2) is 38.2 Å². The van der Waals surface area contributed by atoms with Gasteiger partial charge in [0.15, 0.2) is 0 Å². The first-order chi connectivity index (χ1) is 9.74. The van der Waals surface area contributed by atoms with Crippen molar-refractivity contribution in [1.29, 1.82) is 0 Å². The van der Waals surface area contributed by atoms with Gasteiger partial charge >= 0.3 is 0 Å². The van der Waals surface area contributed by atoms with Gasteiger partial charge in [-0.2, -0.15) is 0 Å². The van der Waals surface area contributed by atoms with Crippen molar-refractivity contribution < 1.29 is 4.74 Å². The summed E-state index contributed by atoms with van der Waals surface area (Å²) in [5.41, 5.74) is 2.40. The molecule has 20 heavy (non-hydrogen) atoms. The number of hydrogen-bond acceptors (Lipinski definition) is 7. The molecule has 0 radical (unpaired) electrons. The SMILES string of the molecule is CCOc1nnc(CN2CCc3cnc(C)nc3C2)s1. The second kappa shape index (κ2) is 5.80. The van der Waals surface area contributed by atoms with Crippen LogP contribution in [0.25, 0.3) is 0 Å². The third kappa shape index (κ3) is 2.94. The quantitative estimate of drug-likeness (QED) is 0.852. The van der Waals surface area contributed by atoms with Crippen LogP contribution >= 0.6 is 11.3 Å². The van der Waals surface area contributed by atoms with Gasteiger partial charge in [-0.1, -0.05) is 11.3 Å². The van der Waals surface area contributed by atoms with Gasteiger partial charge in [0.25, 0.3) is 5.19 Å². The van der Waals surface area contributed by atoms with Crippen LogP contribution in [0.15, 0.2) is 6.20 Å². The van der Waals surface area contributed by atoms with Crippen molar-refractivity contribution in [2.75, 3.05) is 13.2 Å². The molecule has 3 heterocycles. The maximum absolute atomic E-state index is 5.35. The van der Waals surface area contributed by atoms with E-state index in [1.165, 1.54) is 16.9 Å². The highest BCUT2D eigenvalue weighted by molar-refractivity contribution is 7.13. The molecule has 106 valence electrons. The molecule has 7 heteroatoms. The van der Waals surface area contributed by atoms with Gasteiger partial charge in [-0.25, -0.2) is 9.97 Å². The molecule has 6 nitrogen and oxygen atoms in total. The summed E-state index contributed by atoms with van der Waals surface area (Å²) in [6, 6.07) is 0. The van der Waals surface area contributed by atoms with E-state index in [1.54, 1.807) is 0 Å². The first-order valence-corrected chi connectivity index (χ1v) is 7.55. The molecule has 0 fully saturated rings. The average molecular weight is 291 g/mol. The second-order valence-corrected chi connectivity index (χ2v) is 5.77. The lowest BCUT2D eigenvalue weighted by Gasteiger charge is -2.26. The van der Waals surface area contributed by atoms with Gasteiger partial charge < -0.3 is 4.74 Å². The van der Waals surface area contributed by atoms with Crippen molar-refractivity contribution in [2.45, 2.75) is 33.4 Å². The molecule has 1 aliphatic rings. The van der Waals surface area contributed by atoms with Crippen molar-refractivity contribution in [1.82, 2.24) is 25.1 Å². The predicted molar refractivity (Wildman–Crippen MR) is 75.7 cm³/mol. The molecule has 0 saturated carbocycles. The first kappa shape index (κ1) is 13.4. The van der Waals surface area contributed by atoms with Crippen molar-refractivity contribution in [3.63, 3.8) is 0 Å². The number of rotatable bonds is 4. The van der Waals surface area contributed by atoms with E-state index in [1.807, 2.05) is 20.0 Å². The summed E-state index contributed by atoms with van der Waals surface area (Å²) in [6.45, 7) is 7.16. The minimum Gasteiger partial charge on any atom is -0.469 e. The lowest BCUT2D eigenvalue weighted by molar-refractivity contribution is 0.240. The summed E-state index contributed by atoms with van der Waals surface area (Å²) in [5.74, 6) is 0.833. The van der Waals surface area contributed by atoms with Crippen molar-refractivity contribution in [3.8, 4) is 5.19 Å². The van der Waals surface area contributed by atoms with E-state index in [-0.39, 0.29) is 0 Å². The number of ether oxygens (including phenoxy) is 1. The third-order valence-electron chi connectivity index (χ3n) is 3.22. The molecule has 0 saturated heterocycles. The highest BCUT2D eigenvalue weighted by Crippen LogP contribution is 2.22. The molecule has 0 N–H and O–H groups in total. The van der Waals surface area contributed by atoms with Gasteiger partial charge in [0.1, 0.15) is 10.8 Å². The van der Waals surface area contributed by atoms with Gasteiger partial charge in [-0.05, 0) is 25.8 Å². The monoisotopic (exact) mass is 291 g/mol. The molecule has 0 aliphatic carbocycles. The van der Waals surface area contributed by atoms with Crippen LogP contribution in [-0.2, 0) is 19.5 Å². The predicted octanol–water partition coefficient (Wildman–Crippen LogP) is 1.59. The lowest BCUT2D eigenvalue weighted by atomic mass is 10.1. The van der Waals surface area contributed by atoms with Gasteiger partial charge in [0.2, 0.25) is 0 Å². The van der Waals surface area contributed by atoms with Gasteiger partial charge in [-0.3, -0.25) is 4.90 Å². The smallest absolute Gasteiger partial charge is 0.294 e. The van der Waals surface area contributed by atoms with Gasteiger partial charge in [0.05, 0.1) is 18.8 Å². The molecular formula is C13H17N5OS. The van der Waals surface area contributed by atoms with Crippen LogP contribution < -0.4 is 4.74 Å². The summed E-state index contributed by atoms with van der Waals surface area (Å²) in [5, 5.41) is 9.83. The van der Waals surface area contributed by atoms with E-state index in [4.69, 9.17) is 4.74 Å². The van der Waals surface area contributed by atoms with Crippen molar-refractivity contribution in [2.24, 2.45) is 0 Å². The summed E-state index contributed by atoms with van der Waals surface area (Å²) in [6.07, 6.45) is 2.94. The summed E-state index contributed by atoms with van der Waals surface area (Å²) in [7, 11) is 0. The minimum atomic E-state index is 0.627. The van der Waals surface area contributed by atoms with E-state index in [2.05, 4.69) is 25.1 Å². The summed E-state index contributed by atoms with van der Waals surface area (Å²) < 4.78 is 5.35. The molecule has 0 spiro atoms. The number of fused-ring (bicyclic) bond motifs is 1. The van der Waals surface area contributed by atoms with E-state index in [0.717, 1.165) is 42.6 Å². The Morgan fingerprint density at radius 1 is 1.40 bits per heavy atom. The standard InChI is InChI=1S/C13H17N5OS/c1-3-19-13-17-16-12(20-13)8-18-5-4-10-6-14-9(2)15-11(10)7-18/h6H,3-5,7-8H2,1-2H3. The molecule has 2 aromatic heterocycles. The molecular weight excluding hydrogens is 274 g/mol. The molecule has 0 unspecified atom stereocenters. The highest BCUT2D eigenvalue weighted by atomic mass is 32.1. The normalized spacial score (nSPS) is 15.1. The van der Waals surface area contributed by atoms with Crippen molar-refractivity contribution >= 4 is 11.3 Å². The molecule has 0 bridgehead atoms. The lowest BCUT2D eigenvalue weighted by Crippen LogP contribution is -2.31. The summed E-state index contributed by atoms with van der Waals surface area (Å²) in [4.78, 5) is 11.1. The number of hydrogen-bond donors (Lipinski definition) is 0. The topological polar surface area (TPSA) is 64.0 Å². The molecule has 0 amide bonds. The number of aromatic nitrogens is 4. The van der Waals surface area contributed by atoms with Crippen LogP contribution in [0.2, 0.25) is 0 Å². The fourth-order valence-electron chi connectivity index (χ4n) is 2.27. The highest BCUT2D eigenvalue weighted by Gasteiger charge is 2.19. The van der Waals surface area contributed by atoms with Crippen molar-refractivity contribution in [3.05, 3.63) is 28.3 Å². The van der Waals surface area contributed by atoms with Crippen LogP contribution in [0.1, 0.15) is 29.0 Å². The minimum absolute atomic E-state index is 0.627. The Kier molecular flexibility index (Phi) is 3.88. The molecule has 1 aliphatic heterocycles. The molecule has 3 rings (SSSR count). The van der Waals surface area contributed by atoms with E-state index < -0.39 is 0 Å². The fourth-order valence-corrected chi connectivity index (χ4v) is 3.06. The Hall–Kier alpha value is -1.60. The first-order valence-electron chi connectivity index (χ1n) is 6.73. The maximum Gasteiger partial charge on any atom is 0.294 e. The Bertz CT molecular complexity index is 600. The molecule has 0 atom stereocenters. The fraction of sp³-hybridized carbons (Fsp3) is 0.538. The zero-order valence-corrected chi connectivity index (χ0v) is 12.5. The van der Waals surface area contributed by atoms with Crippen LogP contribution in [0.3, 0.4) is 0 Å². The van der Waals surface area contributed by atoms with Gasteiger partial charge in [-0.15, -0.1) is 10.2 Å². The Morgan fingerprint density at radius 3 is 3.15 bits per heavy atom. The zero-order valence-electron chi connectivity index (χ0n) is 11.7.